The summed E-state index contributed by atoms with van der Waals surface area (Å²) < 4.78 is 8.62. The zero-order valence-electron chi connectivity index (χ0n) is 31.0. The Hall–Kier alpha value is -7.96. The van der Waals surface area contributed by atoms with Crippen molar-refractivity contribution < 1.29 is 4.42 Å². The van der Waals surface area contributed by atoms with E-state index in [9.17, 15) is 0 Å². The largest absolute Gasteiger partial charge is 0.454 e. The molecule has 0 saturated heterocycles. The Labute approximate surface area is 332 Å². The zero-order chi connectivity index (χ0) is 38.2. The first-order chi connectivity index (χ1) is 28.7. The topological polar surface area (TPSA) is 69.6 Å². The van der Waals surface area contributed by atoms with Crippen LogP contribution in [0.5, 0.6) is 0 Å². The van der Waals surface area contributed by atoms with Crippen molar-refractivity contribution in [3.05, 3.63) is 188 Å². The molecule has 270 valence electrons. The lowest BCUT2D eigenvalue weighted by Gasteiger charge is -2.13. The molecule has 0 aliphatic heterocycles. The standard InChI is InChI=1S/C52H31N5O/c1-2-18-37-34(13-1)29-43(39-20-4-3-19-38(37)39)51-54-50(55-52(56-51)44-30-53-31-48-49(44)42-23-7-10-26-47(42)58-48)35-16-11-14-32(27-35)33-15-12-17-36(28-33)57-45-24-8-5-21-40(45)41-22-6-9-25-46(41)57/h1-31H. The van der Waals surface area contributed by atoms with Crippen LogP contribution in [0.25, 0.3) is 116 Å². The molecule has 0 aliphatic carbocycles. The van der Waals surface area contributed by atoms with Crippen LogP contribution in [0.3, 0.4) is 0 Å². The van der Waals surface area contributed by atoms with Crippen LogP contribution in [0.4, 0.5) is 0 Å². The fourth-order valence-electron chi connectivity index (χ4n) is 8.70. The monoisotopic (exact) mass is 741 g/mol. The van der Waals surface area contributed by atoms with Gasteiger partial charge < -0.3 is 8.98 Å². The fraction of sp³-hybridized carbons (Fsp3) is 0. The van der Waals surface area contributed by atoms with Crippen LogP contribution >= 0.6 is 0 Å². The van der Waals surface area contributed by atoms with Crippen LogP contribution in [-0.4, -0.2) is 24.5 Å². The molecule has 12 aromatic rings. The number of hydrogen-bond donors (Lipinski definition) is 0. The van der Waals surface area contributed by atoms with E-state index in [0.29, 0.717) is 23.1 Å². The van der Waals surface area contributed by atoms with Crippen molar-refractivity contribution in [3.63, 3.8) is 0 Å². The minimum Gasteiger partial charge on any atom is -0.454 e. The summed E-state index contributed by atoms with van der Waals surface area (Å²) >= 11 is 0. The quantitative estimate of drug-likeness (QED) is 0.164. The van der Waals surface area contributed by atoms with E-state index in [0.717, 1.165) is 66.0 Å². The maximum Gasteiger partial charge on any atom is 0.166 e. The summed E-state index contributed by atoms with van der Waals surface area (Å²) in [6, 6.07) is 61.6. The van der Waals surface area contributed by atoms with Crippen LogP contribution in [0.1, 0.15) is 0 Å². The number of furan rings is 1. The van der Waals surface area contributed by atoms with Gasteiger partial charge in [0.05, 0.1) is 17.2 Å². The maximum absolute atomic E-state index is 6.26. The molecule has 4 heterocycles. The summed E-state index contributed by atoms with van der Waals surface area (Å²) in [5.74, 6) is 1.69. The van der Waals surface area contributed by atoms with Gasteiger partial charge in [0.1, 0.15) is 5.58 Å². The zero-order valence-corrected chi connectivity index (χ0v) is 31.0. The van der Waals surface area contributed by atoms with Crippen LogP contribution in [0.2, 0.25) is 0 Å². The maximum atomic E-state index is 6.26. The van der Waals surface area contributed by atoms with Gasteiger partial charge in [-0.05, 0) is 75.1 Å². The first-order valence-electron chi connectivity index (χ1n) is 19.4. The van der Waals surface area contributed by atoms with Gasteiger partial charge in [0.25, 0.3) is 0 Å². The second-order valence-corrected chi connectivity index (χ2v) is 14.7. The normalized spacial score (nSPS) is 11.8. The molecule has 58 heavy (non-hydrogen) atoms. The molecular weight excluding hydrogens is 711 g/mol. The molecule has 0 fully saturated rings. The first-order valence-corrected chi connectivity index (χ1v) is 19.4. The summed E-state index contributed by atoms with van der Waals surface area (Å²) in [7, 11) is 0. The van der Waals surface area contributed by atoms with Gasteiger partial charge in [-0.1, -0.05) is 133 Å². The van der Waals surface area contributed by atoms with Crippen LogP contribution in [0, 0.1) is 0 Å². The van der Waals surface area contributed by atoms with E-state index in [1.165, 1.54) is 27.2 Å². The Balaban J connectivity index is 1.06. The Morgan fingerprint density at radius 3 is 1.76 bits per heavy atom. The summed E-state index contributed by atoms with van der Waals surface area (Å²) in [6.45, 7) is 0. The highest BCUT2D eigenvalue weighted by Crippen LogP contribution is 2.39. The smallest absolute Gasteiger partial charge is 0.166 e. The Bertz CT molecular complexity index is 3550. The summed E-state index contributed by atoms with van der Waals surface area (Å²) in [4.78, 5) is 20.4. The number of aromatic nitrogens is 5. The van der Waals surface area contributed by atoms with Crippen molar-refractivity contribution in [1.82, 2.24) is 24.5 Å². The SMILES string of the molecule is c1cc(-c2cccc(-n3c4ccccc4c4ccccc43)c2)cc(-c2nc(-c3cc4ccccc4c4ccccc34)nc(-c3cncc4oc5ccccc5c34)n2)c1. The average molecular weight is 742 g/mol. The molecule has 12 rings (SSSR count). The van der Waals surface area contributed by atoms with Gasteiger partial charge in [0, 0.05) is 50.1 Å². The fourth-order valence-corrected chi connectivity index (χ4v) is 8.70. The third kappa shape index (κ3) is 5.05. The number of hydrogen-bond acceptors (Lipinski definition) is 5. The molecule has 0 unspecified atom stereocenters. The minimum atomic E-state index is 0.528. The molecule has 4 aromatic heterocycles. The lowest BCUT2D eigenvalue weighted by molar-refractivity contribution is 0.667. The molecule has 0 bridgehead atoms. The molecule has 0 radical (unpaired) electrons. The number of pyridine rings is 1. The summed E-state index contributed by atoms with van der Waals surface area (Å²) in [5.41, 5.74) is 9.68. The Kier molecular flexibility index (Phi) is 7.13. The molecule has 0 amide bonds. The third-order valence-corrected chi connectivity index (χ3v) is 11.3. The van der Waals surface area contributed by atoms with Gasteiger partial charge in [-0.25, -0.2) is 15.0 Å². The van der Waals surface area contributed by atoms with Crippen LogP contribution in [-0.2, 0) is 0 Å². The number of fused-ring (bicyclic) bond motifs is 9. The Morgan fingerprint density at radius 2 is 0.966 bits per heavy atom. The second kappa shape index (κ2) is 12.8. The van der Waals surface area contributed by atoms with E-state index in [2.05, 4.69) is 167 Å². The predicted octanol–water partition coefficient (Wildman–Crippen LogP) is 13.2. The van der Waals surface area contributed by atoms with Gasteiger partial charge >= 0.3 is 0 Å². The third-order valence-electron chi connectivity index (χ3n) is 11.3. The van der Waals surface area contributed by atoms with E-state index >= 15 is 0 Å². The van der Waals surface area contributed by atoms with Gasteiger partial charge in [-0.2, -0.15) is 0 Å². The number of rotatable bonds is 5. The average Bonchev–Trinajstić information content (AvgIpc) is 3.85. The van der Waals surface area contributed by atoms with Gasteiger partial charge in [-0.15, -0.1) is 0 Å². The van der Waals surface area contributed by atoms with E-state index < -0.39 is 0 Å². The van der Waals surface area contributed by atoms with Crippen molar-refractivity contribution in [2.24, 2.45) is 0 Å². The van der Waals surface area contributed by atoms with Gasteiger partial charge in [0.15, 0.2) is 23.1 Å². The van der Waals surface area contributed by atoms with Gasteiger partial charge in [-0.3, -0.25) is 4.98 Å². The van der Waals surface area contributed by atoms with Crippen molar-refractivity contribution >= 4 is 65.3 Å². The highest BCUT2D eigenvalue weighted by molar-refractivity contribution is 6.14. The van der Waals surface area contributed by atoms with Crippen LogP contribution < -0.4 is 0 Å². The molecule has 0 spiro atoms. The molecule has 6 nitrogen and oxygen atoms in total. The van der Waals surface area contributed by atoms with Crippen molar-refractivity contribution in [3.8, 4) is 51.0 Å². The van der Waals surface area contributed by atoms with E-state index in [1.54, 1.807) is 6.20 Å². The molecule has 0 aliphatic rings. The summed E-state index contributed by atoms with van der Waals surface area (Å²) in [6.07, 6.45) is 3.60. The lowest BCUT2D eigenvalue weighted by atomic mass is 9.96. The van der Waals surface area contributed by atoms with Crippen LogP contribution in [0.15, 0.2) is 193 Å². The molecule has 0 atom stereocenters. The second-order valence-electron chi connectivity index (χ2n) is 14.7. The number of para-hydroxylation sites is 3. The van der Waals surface area contributed by atoms with E-state index in [1.807, 2.05) is 24.4 Å². The first kappa shape index (κ1) is 32.3. The summed E-state index contributed by atoms with van der Waals surface area (Å²) in [5, 5.41) is 8.91. The molecular formula is C52H31N5O. The van der Waals surface area contributed by atoms with Gasteiger partial charge in [0.2, 0.25) is 0 Å². The van der Waals surface area contributed by atoms with E-state index in [-0.39, 0.29) is 0 Å². The highest BCUT2D eigenvalue weighted by Gasteiger charge is 2.20. The molecule has 0 saturated carbocycles. The van der Waals surface area contributed by atoms with Crippen molar-refractivity contribution in [1.29, 1.82) is 0 Å². The van der Waals surface area contributed by atoms with Crippen molar-refractivity contribution in [2.75, 3.05) is 0 Å². The number of benzene rings is 8. The lowest BCUT2D eigenvalue weighted by Crippen LogP contribution is -2.01. The van der Waals surface area contributed by atoms with E-state index in [4.69, 9.17) is 19.4 Å². The van der Waals surface area contributed by atoms with Crippen molar-refractivity contribution in [2.45, 2.75) is 0 Å². The molecule has 0 N–H and O–H groups in total. The number of nitrogens with zero attached hydrogens (tertiary/aromatic N) is 5. The predicted molar refractivity (Wildman–Crippen MR) is 236 cm³/mol. The molecule has 6 heteroatoms. The minimum absolute atomic E-state index is 0.528. The Morgan fingerprint density at radius 1 is 0.379 bits per heavy atom. The highest BCUT2D eigenvalue weighted by atomic mass is 16.3. The molecule has 8 aromatic carbocycles.